The summed E-state index contributed by atoms with van der Waals surface area (Å²) in [5, 5.41) is 0.943. The Labute approximate surface area is 165 Å². The van der Waals surface area contributed by atoms with Gasteiger partial charge in [0.1, 0.15) is 23.1 Å². The van der Waals surface area contributed by atoms with E-state index >= 15 is 0 Å². The van der Waals surface area contributed by atoms with Gasteiger partial charge in [0.2, 0.25) is 5.88 Å². The molecule has 1 atom stereocenters. The summed E-state index contributed by atoms with van der Waals surface area (Å²) < 4.78 is 17.4. The fourth-order valence-electron chi connectivity index (χ4n) is 3.75. The number of hydrogen-bond acceptors (Lipinski definition) is 5. The SMILES string of the molecule is CC[C@@H]1CN(Cc2ccccc2)Cc2cc3c(OC)ccc(OC)c3nc2O1. The second-order valence-corrected chi connectivity index (χ2v) is 7.12. The minimum absolute atomic E-state index is 0.103. The van der Waals surface area contributed by atoms with Crippen molar-refractivity contribution < 1.29 is 14.2 Å². The van der Waals surface area contributed by atoms with Gasteiger partial charge in [-0.3, -0.25) is 4.90 Å². The molecule has 0 radical (unpaired) electrons. The number of fused-ring (bicyclic) bond motifs is 2. The monoisotopic (exact) mass is 378 g/mol. The van der Waals surface area contributed by atoms with Crippen molar-refractivity contribution in [1.29, 1.82) is 0 Å². The lowest BCUT2D eigenvalue weighted by Gasteiger charge is -2.23. The molecule has 28 heavy (non-hydrogen) atoms. The van der Waals surface area contributed by atoms with Crippen LogP contribution in [0.4, 0.5) is 0 Å². The minimum Gasteiger partial charge on any atom is -0.496 e. The van der Waals surface area contributed by atoms with Crippen LogP contribution in [0.25, 0.3) is 10.9 Å². The molecule has 5 nitrogen and oxygen atoms in total. The largest absolute Gasteiger partial charge is 0.496 e. The summed E-state index contributed by atoms with van der Waals surface area (Å²) >= 11 is 0. The van der Waals surface area contributed by atoms with Gasteiger partial charge in [-0.05, 0) is 30.2 Å². The highest BCUT2D eigenvalue weighted by atomic mass is 16.5. The van der Waals surface area contributed by atoms with Crippen LogP contribution in [-0.2, 0) is 13.1 Å². The first-order valence-electron chi connectivity index (χ1n) is 9.69. The molecule has 0 saturated carbocycles. The van der Waals surface area contributed by atoms with Gasteiger partial charge in [0.25, 0.3) is 0 Å². The Morgan fingerprint density at radius 3 is 2.54 bits per heavy atom. The summed E-state index contributed by atoms with van der Waals surface area (Å²) in [6.45, 7) is 4.69. The first-order valence-corrected chi connectivity index (χ1v) is 9.69. The quantitative estimate of drug-likeness (QED) is 0.657. The van der Waals surface area contributed by atoms with Gasteiger partial charge >= 0.3 is 0 Å². The molecule has 0 bridgehead atoms. The van der Waals surface area contributed by atoms with E-state index in [-0.39, 0.29) is 6.10 Å². The van der Waals surface area contributed by atoms with E-state index in [1.165, 1.54) is 5.56 Å². The molecule has 1 aliphatic heterocycles. The number of nitrogens with zero attached hydrogens (tertiary/aromatic N) is 2. The Bertz CT molecular complexity index is 959. The molecule has 0 N–H and O–H groups in total. The van der Waals surface area contributed by atoms with E-state index in [2.05, 4.69) is 48.2 Å². The van der Waals surface area contributed by atoms with Crippen LogP contribution in [0.2, 0.25) is 0 Å². The molecule has 2 aromatic carbocycles. The highest BCUT2D eigenvalue weighted by Gasteiger charge is 2.25. The number of hydrogen-bond donors (Lipinski definition) is 0. The Morgan fingerprint density at radius 1 is 1.07 bits per heavy atom. The van der Waals surface area contributed by atoms with E-state index in [4.69, 9.17) is 19.2 Å². The van der Waals surface area contributed by atoms with Crippen molar-refractivity contribution in [2.45, 2.75) is 32.5 Å². The van der Waals surface area contributed by atoms with Gasteiger partial charge in [0.15, 0.2) is 0 Å². The second-order valence-electron chi connectivity index (χ2n) is 7.12. The summed E-state index contributed by atoms with van der Waals surface area (Å²) in [7, 11) is 3.34. The normalized spacial score (nSPS) is 16.9. The molecule has 4 rings (SSSR count). The molecular weight excluding hydrogens is 352 g/mol. The maximum atomic E-state index is 6.31. The van der Waals surface area contributed by atoms with Crippen molar-refractivity contribution >= 4 is 10.9 Å². The maximum Gasteiger partial charge on any atom is 0.218 e. The van der Waals surface area contributed by atoms with E-state index < -0.39 is 0 Å². The summed E-state index contributed by atoms with van der Waals surface area (Å²) in [4.78, 5) is 7.27. The van der Waals surface area contributed by atoms with E-state index in [0.717, 1.165) is 54.0 Å². The molecule has 5 heteroatoms. The van der Waals surface area contributed by atoms with Crippen molar-refractivity contribution in [2.75, 3.05) is 20.8 Å². The summed E-state index contributed by atoms with van der Waals surface area (Å²) in [6.07, 6.45) is 1.03. The van der Waals surface area contributed by atoms with Gasteiger partial charge in [-0.15, -0.1) is 0 Å². The lowest BCUT2D eigenvalue weighted by molar-refractivity contribution is 0.136. The van der Waals surface area contributed by atoms with Crippen LogP contribution in [0.1, 0.15) is 24.5 Å². The van der Waals surface area contributed by atoms with Crippen LogP contribution < -0.4 is 14.2 Å². The zero-order valence-corrected chi connectivity index (χ0v) is 16.6. The van der Waals surface area contributed by atoms with Crippen molar-refractivity contribution in [3.8, 4) is 17.4 Å². The van der Waals surface area contributed by atoms with Gasteiger partial charge in [-0.1, -0.05) is 37.3 Å². The smallest absolute Gasteiger partial charge is 0.218 e. The second kappa shape index (κ2) is 8.07. The number of ether oxygens (including phenoxy) is 3. The third kappa shape index (κ3) is 3.62. The summed E-state index contributed by atoms with van der Waals surface area (Å²) in [5.74, 6) is 2.21. The number of aromatic nitrogens is 1. The minimum atomic E-state index is 0.103. The Balaban J connectivity index is 1.76. The molecule has 0 amide bonds. The van der Waals surface area contributed by atoms with Crippen molar-refractivity contribution in [3.05, 3.63) is 59.7 Å². The Hall–Kier alpha value is -2.79. The predicted molar refractivity (Wildman–Crippen MR) is 110 cm³/mol. The van der Waals surface area contributed by atoms with Crippen LogP contribution >= 0.6 is 0 Å². The van der Waals surface area contributed by atoms with Gasteiger partial charge in [0.05, 0.1) is 14.2 Å². The summed E-state index contributed by atoms with van der Waals surface area (Å²) in [5.41, 5.74) is 3.15. The molecular formula is C23H26N2O3. The molecule has 0 unspecified atom stereocenters. The Kier molecular flexibility index (Phi) is 5.35. The van der Waals surface area contributed by atoms with Crippen LogP contribution in [0, 0.1) is 0 Å². The number of methoxy groups -OCH3 is 2. The average molecular weight is 378 g/mol. The van der Waals surface area contributed by atoms with E-state index in [1.807, 2.05) is 12.1 Å². The molecule has 0 fully saturated rings. The molecule has 2 heterocycles. The van der Waals surface area contributed by atoms with Crippen LogP contribution in [0.3, 0.4) is 0 Å². The number of rotatable bonds is 5. The van der Waals surface area contributed by atoms with Crippen LogP contribution in [0.5, 0.6) is 17.4 Å². The fraction of sp³-hybridized carbons (Fsp3) is 0.348. The van der Waals surface area contributed by atoms with E-state index in [1.54, 1.807) is 14.2 Å². The fourth-order valence-corrected chi connectivity index (χ4v) is 3.75. The lowest BCUT2D eigenvalue weighted by Crippen LogP contribution is -2.32. The predicted octanol–water partition coefficient (Wildman–Crippen LogP) is 4.43. The molecule has 1 aliphatic rings. The highest BCUT2D eigenvalue weighted by molar-refractivity contribution is 5.91. The highest BCUT2D eigenvalue weighted by Crippen LogP contribution is 2.36. The van der Waals surface area contributed by atoms with Crippen LogP contribution in [-0.4, -0.2) is 36.8 Å². The van der Waals surface area contributed by atoms with Crippen molar-refractivity contribution in [1.82, 2.24) is 9.88 Å². The third-order valence-electron chi connectivity index (χ3n) is 5.22. The van der Waals surface area contributed by atoms with Gasteiger partial charge < -0.3 is 14.2 Å². The number of benzene rings is 2. The summed E-state index contributed by atoms with van der Waals surface area (Å²) in [6, 6.07) is 16.5. The topological polar surface area (TPSA) is 43.8 Å². The molecule has 0 aliphatic carbocycles. The standard InChI is InChI=1S/C23H26N2O3/c1-4-18-15-25(13-16-8-6-5-7-9-16)14-17-12-19-20(26-2)10-11-21(27-3)22(19)24-23(17)28-18/h5-12,18H,4,13-15H2,1-3H3/t18-/m1/s1. The van der Waals surface area contributed by atoms with Gasteiger partial charge in [-0.25, -0.2) is 4.98 Å². The van der Waals surface area contributed by atoms with Gasteiger partial charge in [0, 0.05) is 30.6 Å². The zero-order chi connectivity index (χ0) is 19.5. The van der Waals surface area contributed by atoms with Crippen molar-refractivity contribution in [2.24, 2.45) is 0 Å². The van der Waals surface area contributed by atoms with E-state index in [9.17, 15) is 0 Å². The molecule has 0 saturated heterocycles. The van der Waals surface area contributed by atoms with Crippen LogP contribution in [0.15, 0.2) is 48.5 Å². The maximum absolute atomic E-state index is 6.31. The zero-order valence-electron chi connectivity index (χ0n) is 16.6. The molecule has 1 aromatic heterocycles. The van der Waals surface area contributed by atoms with Crippen molar-refractivity contribution in [3.63, 3.8) is 0 Å². The molecule has 0 spiro atoms. The first-order chi connectivity index (χ1) is 13.7. The van der Waals surface area contributed by atoms with E-state index in [0.29, 0.717) is 5.88 Å². The molecule has 146 valence electrons. The first kappa shape index (κ1) is 18.6. The average Bonchev–Trinajstić information content (AvgIpc) is 2.90. The lowest BCUT2D eigenvalue weighted by atomic mass is 10.1. The van der Waals surface area contributed by atoms with Gasteiger partial charge in [-0.2, -0.15) is 0 Å². The Morgan fingerprint density at radius 2 is 1.82 bits per heavy atom. The number of pyridine rings is 1. The third-order valence-corrected chi connectivity index (χ3v) is 5.22. The molecule has 3 aromatic rings.